The van der Waals surface area contributed by atoms with Crippen LogP contribution in [0, 0.1) is 13.8 Å². The van der Waals surface area contributed by atoms with Gasteiger partial charge in [-0.05, 0) is 38.8 Å². The van der Waals surface area contributed by atoms with Crippen molar-refractivity contribution in [3.8, 4) is 0 Å². The fourth-order valence-corrected chi connectivity index (χ4v) is 3.00. The topological polar surface area (TPSA) is 107 Å². The number of benzene rings is 1. The van der Waals surface area contributed by atoms with E-state index < -0.39 is 0 Å². The Morgan fingerprint density at radius 3 is 2.75 bits per heavy atom. The standard InChI is InChI=1S/C20H26N6O2/c1-12(2)28-11-16-7-5-6-15(8-16)10-22-18(27)9-17-13(3)23-20-24-19(21)25-26(20)14(17)4/h5-8,12H,9-11H2,1-4H3,(H2,21,25)(H,22,27). The number of rotatable bonds is 7. The van der Waals surface area contributed by atoms with Gasteiger partial charge in [0.15, 0.2) is 0 Å². The second-order valence-electron chi connectivity index (χ2n) is 7.08. The van der Waals surface area contributed by atoms with Crippen LogP contribution in [0.5, 0.6) is 0 Å². The average molecular weight is 382 g/mol. The second kappa shape index (κ2) is 8.35. The molecule has 8 heteroatoms. The first-order chi connectivity index (χ1) is 13.3. The first kappa shape index (κ1) is 19.8. The molecule has 0 aliphatic rings. The average Bonchev–Trinajstić information content (AvgIpc) is 3.02. The number of nitrogen functional groups attached to an aromatic ring is 1. The van der Waals surface area contributed by atoms with Crippen molar-refractivity contribution in [2.45, 2.75) is 53.4 Å². The number of hydrogen-bond donors (Lipinski definition) is 2. The minimum atomic E-state index is -0.0794. The number of hydrogen-bond acceptors (Lipinski definition) is 6. The Morgan fingerprint density at radius 2 is 2.00 bits per heavy atom. The molecule has 0 saturated carbocycles. The lowest BCUT2D eigenvalue weighted by Crippen LogP contribution is -2.26. The molecule has 2 heterocycles. The van der Waals surface area contributed by atoms with Crippen LogP contribution in [-0.4, -0.2) is 31.6 Å². The van der Waals surface area contributed by atoms with Gasteiger partial charge in [0.2, 0.25) is 11.9 Å². The number of nitrogens with two attached hydrogens (primary N) is 1. The Bertz CT molecular complexity index is 996. The number of nitrogens with one attached hydrogen (secondary N) is 1. The molecule has 0 bridgehead atoms. The third-order valence-electron chi connectivity index (χ3n) is 4.47. The molecule has 0 unspecified atom stereocenters. The van der Waals surface area contributed by atoms with Crippen molar-refractivity contribution in [2.75, 3.05) is 5.73 Å². The predicted molar refractivity (Wildman–Crippen MR) is 107 cm³/mol. The van der Waals surface area contributed by atoms with Crippen molar-refractivity contribution in [2.24, 2.45) is 0 Å². The minimum Gasteiger partial charge on any atom is -0.374 e. The van der Waals surface area contributed by atoms with Crippen molar-refractivity contribution in [3.63, 3.8) is 0 Å². The summed E-state index contributed by atoms with van der Waals surface area (Å²) in [4.78, 5) is 21.0. The van der Waals surface area contributed by atoms with Crippen LogP contribution in [0.15, 0.2) is 24.3 Å². The van der Waals surface area contributed by atoms with E-state index in [4.69, 9.17) is 10.5 Å². The van der Waals surface area contributed by atoms with E-state index in [0.29, 0.717) is 18.9 Å². The quantitative estimate of drug-likeness (QED) is 0.648. The van der Waals surface area contributed by atoms with E-state index >= 15 is 0 Å². The maximum atomic E-state index is 12.5. The van der Waals surface area contributed by atoms with Crippen LogP contribution in [0.3, 0.4) is 0 Å². The van der Waals surface area contributed by atoms with Crippen molar-refractivity contribution < 1.29 is 9.53 Å². The fourth-order valence-electron chi connectivity index (χ4n) is 3.00. The van der Waals surface area contributed by atoms with Crippen LogP contribution in [0.4, 0.5) is 5.95 Å². The van der Waals surface area contributed by atoms with Crippen LogP contribution in [0.1, 0.15) is 41.9 Å². The number of carbonyl (C=O) groups excluding carboxylic acids is 1. The number of aryl methyl sites for hydroxylation is 2. The summed E-state index contributed by atoms with van der Waals surface area (Å²) in [6.07, 6.45) is 0.400. The molecule has 3 rings (SSSR count). The number of aromatic nitrogens is 4. The van der Waals surface area contributed by atoms with Crippen molar-refractivity contribution in [1.82, 2.24) is 24.9 Å². The fraction of sp³-hybridized carbons (Fsp3) is 0.400. The zero-order chi connectivity index (χ0) is 20.3. The van der Waals surface area contributed by atoms with Crippen molar-refractivity contribution >= 4 is 17.6 Å². The van der Waals surface area contributed by atoms with Crippen LogP contribution >= 0.6 is 0 Å². The summed E-state index contributed by atoms with van der Waals surface area (Å²) >= 11 is 0. The lowest BCUT2D eigenvalue weighted by Gasteiger charge is -2.12. The lowest BCUT2D eigenvalue weighted by molar-refractivity contribution is -0.120. The van der Waals surface area contributed by atoms with Crippen LogP contribution in [-0.2, 0) is 29.1 Å². The van der Waals surface area contributed by atoms with Crippen LogP contribution < -0.4 is 11.1 Å². The van der Waals surface area contributed by atoms with Gasteiger partial charge in [0.05, 0.1) is 19.1 Å². The summed E-state index contributed by atoms with van der Waals surface area (Å²) in [5.74, 6) is 0.527. The van der Waals surface area contributed by atoms with Crippen molar-refractivity contribution in [1.29, 1.82) is 0 Å². The molecule has 1 amide bonds. The van der Waals surface area contributed by atoms with Crippen LogP contribution in [0.2, 0.25) is 0 Å². The highest BCUT2D eigenvalue weighted by Crippen LogP contribution is 2.15. The lowest BCUT2D eigenvalue weighted by atomic mass is 10.1. The molecule has 1 aromatic carbocycles. The van der Waals surface area contributed by atoms with Crippen LogP contribution in [0.25, 0.3) is 5.78 Å². The van der Waals surface area contributed by atoms with Gasteiger partial charge in [-0.2, -0.15) is 9.50 Å². The minimum absolute atomic E-state index is 0.0794. The van der Waals surface area contributed by atoms with Gasteiger partial charge in [-0.3, -0.25) is 4.79 Å². The van der Waals surface area contributed by atoms with E-state index in [1.54, 1.807) is 4.52 Å². The summed E-state index contributed by atoms with van der Waals surface area (Å²) in [7, 11) is 0. The molecule has 2 aromatic heterocycles. The molecule has 0 atom stereocenters. The maximum absolute atomic E-state index is 12.5. The predicted octanol–water partition coefficient (Wildman–Crippen LogP) is 2.11. The number of ether oxygens (including phenoxy) is 1. The molecule has 0 fully saturated rings. The highest BCUT2D eigenvalue weighted by molar-refractivity contribution is 5.79. The largest absolute Gasteiger partial charge is 0.374 e. The van der Waals surface area contributed by atoms with Gasteiger partial charge in [-0.15, -0.1) is 5.10 Å². The van der Waals surface area contributed by atoms with E-state index in [2.05, 4.69) is 20.4 Å². The first-order valence-electron chi connectivity index (χ1n) is 9.28. The van der Waals surface area contributed by atoms with Crippen molar-refractivity contribution in [3.05, 3.63) is 52.3 Å². The molecule has 0 saturated heterocycles. The zero-order valence-electron chi connectivity index (χ0n) is 16.7. The highest BCUT2D eigenvalue weighted by atomic mass is 16.5. The van der Waals surface area contributed by atoms with Gasteiger partial charge < -0.3 is 15.8 Å². The van der Waals surface area contributed by atoms with Gasteiger partial charge in [-0.25, -0.2) is 4.98 Å². The van der Waals surface area contributed by atoms with Gasteiger partial charge in [0.25, 0.3) is 5.78 Å². The molecular weight excluding hydrogens is 356 g/mol. The van der Waals surface area contributed by atoms with E-state index in [1.807, 2.05) is 52.0 Å². The van der Waals surface area contributed by atoms with Gasteiger partial charge in [-0.1, -0.05) is 24.3 Å². The van der Waals surface area contributed by atoms with E-state index in [9.17, 15) is 4.79 Å². The smallest absolute Gasteiger partial charge is 0.254 e. The Hall–Kier alpha value is -3.00. The summed E-state index contributed by atoms with van der Waals surface area (Å²) in [6.45, 7) is 8.78. The summed E-state index contributed by atoms with van der Waals surface area (Å²) in [5.41, 5.74) is 10.2. The second-order valence-corrected chi connectivity index (χ2v) is 7.08. The SMILES string of the molecule is Cc1nc2nc(N)nn2c(C)c1CC(=O)NCc1cccc(COC(C)C)c1. The van der Waals surface area contributed by atoms with E-state index in [0.717, 1.165) is 28.1 Å². The summed E-state index contributed by atoms with van der Waals surface area (Å²) < 4.78 is 7.21. The molecular formula is C20H26N6O2. The highest BCUT2D eigenvalue weighted by Gasteiger charge is 2.15. The Kier molecular flexibility index (Phi) is 5.89. The van der Waals surface area contributed by atoms with Gasteiger partial charge in [0, 0.05) is 23.5 Å². The third kappa shape index (κ3) is 4.64. The number of fused-ring (bicyclic) bond motifs is 1. The van der Waals surface area contributed by atoms with E-state index in [-0.39, 0.29) is 24.4 Å². The number of nitrogens with zero attached hydrogens (tertiary/aromatic N) is 4. The Labute approximate surface area is 164 Å². The Balaban J connectivity index is 1.65. The molecule has 8 nitrogen and oxygen atoms in total. The molecule has 0 radical (unpaired) electrons. The van der Waals surface area contributed by atoms with Gasteiger partial charge in [0.1, 0.15) is 0 Å². The summed E-state index contributed by atoms with van der Waals surface area (Å²) in [6, 6.07) is 8.03. The normalized spacial score (nSPS) is 11.3. The number of anilines is 1. The molecule has 148 valence electrons. The molecule has 0 aliphatic carbocycles. The monoisotopic (exact) mass is 382 g/mol. The number of amides is 1. The van der Waals surface area contributed by atoms with Gasteiger partial charge >= 0.3 is 0 Å². The molecule has 3 N–H and O–H groups in total. The molecule has 0 spiro atoms. The zero-order valence-corrected chi connectivity index (χ0v) is 16.7. The summed E-state index contributed by atoms with van der Waals surface area (Å²) in [5, 5.41) is 7.10. The molecule has 3 aromatic rings. The molecule has 28 heavy (non-hydrogen) atoms. The maximum Gasteiger partial charge on any atom is 0.254 e. The first-order valence-corrected chi connectivity index (χ1v) is 9.28. The molecule has 0 aliphatic heterocycles. The third-order valence-corrected chi connectivity index (χ3v) is 4.47. The number of carbonyl (C=O) groups is 1. The Morgan fingerprint density at radius 1 is 1.25 bits per heavy atom. The van der Waals surface area contributed by atoms with E-state index in [1.165, 1.54) is 0 Å².